The third-order valence-corrected chi connectivity index (χ3v) is 1.96. The molecule has 0 bridgehead atoms. The summed E-state index contributed by atoms with van der Waals surface area (Å²) in [6.45, 7) is 2.02. The van der Waals surface area contributed by atoms with Gasteiger partial charge in [-0.05, 0) is 24.6 Å². The first-order valence-corrected chi connectivity index (χ1v) is 3.79. The lowest BCUT2D eigenvalue weighted by Crippen LogP contribution is -1.83. The van der Waals surface area contributed by atoms with Crippen LogP contribution in [-0.2, 0) is 0 Å². The summed E-state index contributed by atoms with van der Waals surface area (Å²) in [7, 11) is 0. The number of aryl methyl sites for hydroxylation is 1. The highest BCUT2D eigenvalue weighted by Gasteiger charge is 1.98. The molecule has 0 amide bonds. The molecule has 1 heterocycles. The smallest absolute Gasteiger partial charge is 0.188 e. The minimum Gasteiger partial charge on any atom is -0.254 e. The SMILES string of the molecule is Cc1ccc2ccn(C#N)c2c1. The molecule has 0 saturated heterocycles. The number of aromatic nitrogens is 1. The first-order valence-electron chi connectivity index (χ1n) is 3.79. The van der Waals surface area contributed by atoms with Crippen LogP contribution in [0.4, 0.5) is 0 Å². The maximum atomic E-state index is 8.73. The molecule has 0 radical (unpaired) electrons. The molecule has 58 valence electrons. The van der Waals surface area contributed by atoms with Crippen LogP contribution in [0.25, 0.3) is 10.9 Å². The van der Waals surface area contributed by atoms with Crippen molar-refractivity contribution in [1.29, 1.82) is 5.26 Å². The van der Waals surface area contributed by atoms with Crippen molar-refractivity contribution >= 4 is 10.9 Å². The maximum absolute atomic E-state index is 8.73. The van der Waals surface area contributed by atoms with Gasteiger partial charge in [0.1, 0.15) is 0 Å². The van der Waals surface area contributed by atoms with Crippen molar-refractivity contribution in [2.24, 2.45) is 0 Å². The predicted molar refractivity (Wildman–Crippen MR) is 47.7 cm³/mol. The summed E-state index contributed by atoms with van der Waals surface area (Å²) in [6, 6.07) is 8.03. The third kappa shape index (κ3) is 0.876. The molecule has 0 aliphatic carbocycles. The highest BCUT2D eigenvalue weighted by molar-refractivity contribution is 5.81. The molecule has 1 aromatic carbocycles. The van der Waals surface area contributed by atoms with E-state index in [9.17, 15) is 0 Å². The van der Waals surface area contributed by atoms with Crippen molar-refractivity contribution < 1.29 is 0 Å². The van der Waals surface area contributed by atoms with E-state index in [-0.39, 0.29) is 0 Å². The molecule has 2 rings (SSSR count). The molecular weight excluding hydrogens is 148 g/mol. The summed E-state index contributed by atoms with van der Waals surface area (Å²) in [5.74, 6) is 0. The van der Waals surface area contributed by atoms with E-state index in [0.717, 1.165) is 10.9 Å². The Labute approximate surface area is 70.7 Å². The third-order valence-electron chi connectivity index (χ3n) is 1.96. The second kappa shape index (κ2) is 2.38. The Morgan fingerprint density at radius 1 is 1.33 bits per heavy atom. The average molecular weight is 156 g/mol. The van der Waals surface area contributed by atoms with Crippen molar-refractivity contribution in [3.63, 3.8) is 0 Å². The van der Waals surface area contributed by atoms with E-state index in [1.54, 1.807) is 10.8 Å². The molecule has 0 aliphatic heterocycles. The van der Waals surface area contributed by atoms with Gasteiger partial charge in [0.15, 0.2) is 6.19 Å². The van der Waals surface area contributed by atoms with E-state index >= 15 is 0 Å². The topological polar surface area (TPSA) is 28.7 Å². The van der Waals surface area contributed by atoms with Crippen molar-refractivity contribution in [3.05, 3.63) is 36.0 Å². The Hall–Kier alpha value is -1.75. The van der Waals surface area contributed by atoms with E-state index in [1.165, 1.54) is 5.56 Å². The van der Waals surface area contributed by atoms with Crippen molar-refractivity contribution in [2.45, 2.75) is 6.92 Å². The standard InChI is InChI=1S/C10H8N2/c1-8-2-3-9-4-5-12(7-11)10(9)6-8/h2-6H,1H3. The van der Waals surface area contributed by atoms with Crippen molar-refractivity contribution in [3.8, 4) is 6.19 Å². The van der Waals surface area contributed by atoms with Crippen LogP contribution in [0.15, 0.2) is 30.5 Å². The normalized spacial score (nSPS) is 10.0. The summed E-state index contributed by atoms with van der Waals surface area (Å²) in [5, 5.41) is 9.84. The predicted octanol–water partition coefficient (Wildman–Crippen LogP) is 2.28. The van der Waals surface area contributed by atoms with Crippen LogP contribution in [0.5, 0.6) is 0 Å². The second-order valence-electron chi connectivity index (χ2n) is 2.85. The highest BCUT2D eigenvalue weighted by atomic mass is 14.9. The number of hydrogen-bond donors (Lipinski definition) is 0. The lowest BCUT2D eigenvalue weighted by Gasteiger charge is -1.94. The summed E-state index contributed by atoms with van der Waals surface area (Å²) < 4.78 is 1.57. The average Bonchev–Trinajstić information content (AvgIpc) is 2.46. The Kier molecular flexibility index (Phi) is 1.38. The largest absolute Gasteiger partial charge is 0.254 e. The van der Waals surface area contributed by atoms with Gasteiger partial charge in [0.2, 0.25) is 0 Å². The molecule has 0 N–H and O–H groups in total. The zero-order valence-electron chi connectivity index (χ0n) is 6.78. The monoisotopic (exact) mass is 156 g/mol. The molecular formula is C10H8N2. The number of nitriles is 1. The molecule has 0 spiro atoms. The van der Waals surface area contributed by atoms with Gasteiger partial charge in [-0.2, -0.15) is 5.26 Å². The van der Waals surface area contributed by atoms with Crippen LogP contribution >= 0.6 is 0 Å². The van der Waals surface area contributed by atoms with Crippen LogP contribution in [0.2, 0.25) is 0 Å². The van der Waals surface area contributed by atoms with Gasteiger partial charge in [-0.1, -0.05) is 12.1 Å². The van der Waals surface area contributed by atoms with Gasteiger partial charge in [0.25, 0.3) is 0 Å². The fourth-order valence-electron chi connectivity index (χ4n) is 1.33. The van der Waals surface area contributed by atoms with E-state index in [1.807, 2.05) is 31.2 Å². The fourth-order valence-corrected chi connectivity index (χ4v) is 1.33. The van der Waals surface area contributed by atoms with E-state index in [2.05, 4.69) is 6.19 Å². The molecule has 0 aliphatic rings. The number of benzene rings is 1. The second-order valence-corrected chi connectivity index (χ2v) is 2.85. The molecule has 1 aromatic heterocycles. The number of rotatable bonds is 0. The Balaban J connectivity index is 2.86. The van der Waals surface area contributed by atoms with Crippen LogP contribution < -0.4 is 0 Å². The van der Waals surface area contributed by atoms with E-state index in [0.29, 0.717) is 0 Å². The molecule has 0 saturated carbocycles. The van der Waals surface area contributed by atoms with Gasteiger partial charge < -0.3 is 0 Å². The molecule has 0 fully saturated rings. The minimum absolute atomic E-state index is 0.984. The molecule has 12 heavy (non-hydrogen) atoms. The summed E-state index contributed by atoms with van der Waals surface area (Å²) in [4.78, 5) is 0. The lowest BCUT2D eigenvalue weighted by molar-refractivity contribution is 1.15. The van der Waals surface area contributed by atoms with Crippen LogP contribution in [-0.4, -0.2) is 4.57 Å². The zero-order valence-corrected chi connectivity index (χ0v) is 6.78. The number of hydrogen-bond acceptors (Lipinski definition) is 1. The van der Waals surface area contributed by atoms with Gasteiger partial charge in [0, 0.05) is 11.6 Å². The Morgan fingerprint density at radius 2 is 2.17 bits per heavy atom. The first kappa shape index (κ1) is 6.93. The molecule has 2 nitrogen and oxygen atoms in total. The highest BCUT2D eigenvalue weighted by Crippen LogP contribution is 2.16. The van der Waals surface area contributed by atoms with Crippen LogP contribution in [0.1, 0.15) is 5.56 Å². The minimum atomic E-state index is 0.984. The quantitative estimate of drug-likeness (QED) is 0.575. The van der Waals surface area contributed by atoms with Gasteiger partial charge in [-0.3, -0.25) is 4.57 Å². The summed E-state index contributed by atoms with van der Waals surface area (Å²) >= 11 is 0. The van der Waals surface area contributed by atoms with Crippen LogP contribution in [0.3, 0.4) is 0 Å². The van der Waals surface area contributed by atoms with Gasteiger partial charge in [0.05, 0.1) is 5.52 Å². The Bertz CT molecular complexity index is 460. The van der Waals surface area contributed by atoms with E-state index < -0.39 is 0 Å². The zero-order chi connectivity index (χ0) is 8.55. The Morgan fingerprint density at radius 3 is 2.92 bits per heavy atom. The number of fused-ring (bicyclic) bond motifs is 1. The molecule has 2 aromatic rings. The van der Waals surface area contributed by atoms with Crippen molar-refractivity contribution in [1.82, 2.24) is 4.57 Å². The number of nitrogens with zero attached hydrogens (tertiary/aromatic N) is 2. The van der Waals surface area contributed by atoms with Crippen LogP contribution in [0, 0.1) is 18.4 Å². The van der Waals surface area contributed by atoms with Gasteiger partial charge >= 0.3 is 0 Å². The summed E-state index contributed by atoms with van der Waals surface area (Å²) in [6.07, 6.45) is 3.88. The molecule has 0 unspecified atom stereocenters. The fraction of sp³-hybridized carbons (Fsp3) is 0.100. The lowest BCUT2D eigenvalue weighted by atomic mass is 10.2. The van der Waals surface area contributed by atoms with E-state index in [4.69, 9.17) is 5.26 Å². The molecule has 0 atom stereocenters. The van der Waals surface area contributed by atoms with Gasteiger partial charge in [-0.15, -0.1) is 0 Å². The molecule has 2 heteroatoms. The van der Waals surface area contributed by atoms with Crippen molar-refractivity contribution in [2.75, 3.05) is 0 Å². The summed E-state index contributed by atoms with van der Waals surface area (Å²) in [5.41, 5.74) is 2.16. The first-order chi connectivity index (χ1) is 5.81. The van der Waals surface area contributed by atoms with Gasteiger partial charge in [-0.25, -0.2) is 0 Å². The maximum Gasteiger partial charge on any atom is 0.188 e.